The van der Waals surface area contributed by atoms with Crippen LogP contribution in [0.5, 0.6) is 11.5 Å². The molecule has 0 fully saturated rings. The lowest BCUT2D eigenvalue weighted by molar-refractivity contribution is 0.479. The van der Waals surface area contributed by atoms with Crippen molar-refractivity contribution < 1.29 is 9.13 Å². The maximum absolute atomic E-state index is 13.1. The van der Waals surface area contributed by atoms with Crippen molar-refractivity contribution >= 4 is 5.69 Å². The molecular weight excluding hydrogens is 197 g/mol. The van der Waals surface area contributed by atoms with Gasteiger partial charge in [-0.3, -0.25) is 4.68 Å². The Bertz CT molecular complexity index is 481. The third-order valence-electron chi connectivity index (χ3n) is 1.92. The van der Waals surface area contributed by atoms with E-state index in [2.05, 4.69) is 5.10 Å². The lowest BCUT2D eigenvalue weighted by atomic mass is 10.3. The molecule has 5 heteroatoms. The van der Waals surface area contributed by atoms with Crippen molar-refractivity contribution in [2.24, 2.45) is 7.05 Å². The molecule has 0 atom stereocenters. The summed E-state index contributed by atoms with van der Waals surface area (Å²) in [4.78, 5) is 0. The summed E-state index contributed by atoms with van der Waals surface area (Å²) in [7, 11) is 1.77. The van der Waals surface area contributed by atoms with Gasteiger partial charge in [-0.25, -0.2) is 4.39 Å². The van der Waals surface area contributed by atoms with Crippen LogP contribution in [0, 0.1) is 5.82 Å². The van der Waals surface area contributed by atoms with E-state index in [1.807, 2.05) is 0 Å². The highest BCUT2D eigenvalue weighted by Crippen LogP contribution is 2.28. The van der Waals surface area contributed by atoms with Crippen LogP contribution >= 0.6 is 0 Å². The largest absolute Gasteiger partial charge is 0.452 e. The number of hydrogen-bond acceptors (Lipinski definition) is 3. The second-order valence-corrected chi connectivity index (χ2v) is 3.10. The van der Waals surface area contributed by atoms with E-state index in [9.17, 15) is 4.39 Å². The minimum Gasteiger partial charge on any atom is -0.452 e. The normalized spacial score (nSPS) is 10.3. The summed E-state index contributed by atoms with van der Waals surface area (Å²) >= 11 is 0. The van der Waals surface area contributed by atoms with Crippen molar-refractivity contribution in [2.45, 2.75) is 0 Å². The topological polar surface area (TPSA) is 53.1 Å². The van der Waals surface area contributed by atoms with Crippen LogP contribution in [-0.4, -0.2) is 9.78 Å². The first-order chi connectivity index (χ1) is 7.16. The maximum atomic E-state index is 13.1. The molecule has 0 unspecified atom stereocenters. The van der Waals surface area contributed by atoms with Crippen LogP contribution in [0.15, 0.2) is 30.6 Å². The van der Waals surface area contributed by atoms with Crippen molar-refractivity contribution in [3.8, 4) is 11.5 Å². The van der Waals surface area contributed by atoms with Crippen molar-refractivity contribution in [3.63, 3.8) is 0 Å². The SMILES string of the molecule is Cn1cc(Oc2cccc(F)c2N)cn1. The van der Waals surface area contributed by atoms with Gasteiger partial charge in [0.2, 0.25) is 0 Å². The molecule has 0 aliphatic rings. The van der Waals surface area contributed by atoms with Crippen LogP contribution in [0.25, 0.3) is 0 Å². The van der Waals surface area contributed by atoms with E-state index in [1.165, 1.54) is 18.3 Å². The van der Waals surface area contributed by atoms with E-state index in [4.69, 9.17) is 10.5 Å². The molecule has 0 spiro atoms. The number of nitrogens with zero attached hydrogens (tertiary/aromatic N) is 2. The zero-order valence-electron chi connectivity index (χ0n) is 8.14. The Morgan fingerprint density at radius 2 is 2.27 bits per heavy atom. The van der Waals surface area contributed by atoms with Crippen LogP contribution in [-0.2, 0) is 7.05 Å². The van der Waals surface area contributed by atoms with Gasteiger partial charge in [-0.15, -0.1) is 0 Å². The van der Waals surface area contributed by atoms with Gasteiger partial charge >= 0.3 is 0 Å². The van der Waals surface area contributed by atoms with E-state index in [0.29, 0.717) is 11.5 Å². The predicted molar refractivity (Wildman–Crippen MR) is 54.1 cm³/mol. The molecule has 0 saturated carbocycles. The van der Waals surface area contributed by atoms with Gasteiger partial charge in [0.05, 0.1) is 12.4 Å². The average Bonchev–Trinajstić information content (AvgIpc) is 2.59. The summed E-state index contributed by atoms with van der Waals surface area (Å²) in [5, 5.41) is 3.92. The molecule has 0 aliphatic heterocycles. The number of para-hydroxylation sites is 1. The number of aromatic nitrogens is 2. The third-order valence-corrected chi connectivity index (χ3v) is 1.92. The van der Waals surface area contributed by atoms with Crippen molar-refractivity contribution in [2.75, 3.05) is 5.73 Å². The fourth-order valence-electron chi connectivity index (χ4n) is 1.18. The summed E-state index contributed by atoms with van der Waals surface area (Å²) in [5.41, 5.74) is 5.51. The van der Waals surface area contributed by atoms with Crippen LogP contribution < -0.4 is 10.5 Å². The molecule has 1 aromatic carbocycles. The highest BCUT2D eigenvalue weighted by molar-refractivity contribution is 5.54. The number of benzene rings is 1. The van der Waals surface area contributed by atoms with E-state index < -0.39 is 5.82 Å². The van der Waals surface area contributed by atoms with Crippen LogP contribution in [0.2, 0.25) is 0 Å². The van der Waals surface area contributed by atoms with Gasteiger partial charge in [0, 0.05) is 7.05 Å². The molecule has 0 aliphatic carbocycles. The van der Waals surface area contributed by atoms with Gasteiger partial charge in [-0.05, 0) is 12.1 Å². The maximum Gasteiger partial charge on any atom is 0.165 e. The molecule has 1 aromatic heterocycles. The zero-order chi connectivity index (χ0) is 10.8. The molecule has 2 aromatic rings. The highest BCUT2D eigenvalue weighted by Gasteiger charge is 2.07. The van der Waals surface area contributed by atoms with Crippen molar-refractivity contribution in [1.29, 1.82) is 0 Å². The Morgan fingerprint density at radius 3 is 2.93 bits per heavy atom. The second-order valence-electron chi connectivity index (χ2n) is 3.10. The summed E-state index contributed by atoms with van der Waals surface area (Å²) in [6, 6.07) is 4.42. The molecule has 15 heavy (non-hydrogen) atoms. The van der Waals surface area contributed by atoms with Crippen molar-refractivity contribution in [3.05, 3.63) is 36.4 Å². The molecule has 1 heterocycles. The lowest BCUT2D eigenvalue weighted by Gasteiger charge is -2.05. The molecule has 4 nitrogen and oxygen atoms in total. The van der Waals surface area contributed by atoms with Crippen LogP contribution in [0.3, 0.4) is 0 Å². The number of nitrogen functional groups attached to an aromatic ring is 1. The van der Waals surface area contributed by atoms with Gasteiger partial charge in [0.25, 0.3) is 0 Å². The van der Waals surface area contributed by atoms with Crippen LogP contribution in [0.4, 0.5) is 10.1 Å². The summed E-state index contributed by atoms with van der Waals surface area (Å²) in [6.45, 7) is 0. The number of hydrogen-bond donors (Lipinski definition) is 1. The Labute approximate surface area is 86.1 Å². The van der Waals surface area contributed by atoms with E-state index in [0.717, 1.165) is 0 Å². The molecule has 0 saturated heterocycles. The minimum absolute atomic E-state index is 0.00125. The first kappa shape index (κ1) is 9.51. The number of halogens is 1. The third kappa shape index (κ3) is 1.90. The molecule has 2 rings (SSSR count). The fourth-order valence-corrected chi connectivity index (χ4v) is 1.18. The van der Waals surface area contributed by atoms with E-state index in [-0.39, 0.29) is 5.69 Å². The first-order valence-electron chi connectivity index (χ1n) is 4.37. The molecular formula is C10H10FN3O. The smallest absolute Gasteiger partial charge is 0.165 e. The zero-order valence-corrected chi connectivity index (χ0v) is 8.14. The Morgan fingerprint density at radius 1 is 1.47 bits per heavy atom. The highest BCUT2D eigenvalue weighted by atomic mass is 19.1. The Balaban J connectivity index is 2.28. The van der Waals surface area contributed by atoms with Gasteiger partial charge in [0.1, 0.15) is 11.5 Å². The van der Waals surface area contributed by atoms with E-state index >= 15 is 0 Å². The number of aryl methyl sites for hydroxylation is 1. The van der Waals surface area contributed by atoms with Gasteiger partial charge in [-0.2, -0.15) is 5.10 Å². The van der Waals surface area contributed by atoms with Gasteiger partial charge in [-0.1, -0.05) is 6.07 Å². The number of ether oxygens (including phenoxy) is 1. The quantitative estimate of drug-likeness (QED) is 0.765. The second kappa shape index (κ2) is 3.61. The van der Waals surface area contributed by atoms with E-state index in [1.54, 1.807) is 24.0 Å². The standard InChI is InChI=1S/C10H10FN3O/c1-14-6-7(5-13-14)15-9-4-2-3-8(11)10(9)12/h2-6H,12H2,1H3. The van der Waals surface area contributed by atoms with Gasteiger partial charge < -0.3 is 10.5 Å². The van der Waals surface area contributed by atoms with Gasteiger partial charge in [0.15, 0.2) is 11.5 Å². The minimum atomic E-state index is -0.489. The Hall–Kier alpha value is -2.04. The number of nitrogens with two attached hydrogens (primary N) is 1. The molecule has 2 N–H and O–H groups in total. The molecule has 0 bridgehead atoms. The summed E-state index contributed by atoms with van der Waals surface area (Å²) in [5.74, 6) is 0.328. The fraction of sp³-hybridized carbons (Fsp3) is 0.100. The number of rotatable bonds is 2. The summed E-state index contributed by atoms with van der Waals surface area (Å²) < 4.78 is 20.0. The molecule has 0 amide bonds. The first-order valence-corrected chi connectivity index (χ1v) is 4.37. The molecule has 0 radical (unpaired) electrons. The predicted octanol–water partition coefficient (Wildman–Crippen LogP) is 1.93. The lowest BCUT2D eigenvalue weighted by Crippen LogP contribution is -1.94. The summed E-state index contributed by atoms with van der Waals surface area (Å²) in [6.07, 6.45) is 3.20. The van der Waals surface area contributed by atoms with Crippen LogP contribution in [0.1, 0.15) is 0 Å². The average molecular weight is 207 g/mol. The Kier molecular flexibility index (Phi) is 2.29. The van der Waals surface area contributed by atoms with Crippen molar-refractivity contribution in [1.82, 2.24) is 9.78 Å². The molecule has 78 valence electrons. The number of anilines is 1. The monoisotopic (exact) mass is 207 g/mol.